The van der Waals surface area contributed by atoms with E-state index in [1.807, 2.05) is 0 Å². The molecule has 140 valence electrons. The Bertz CT molecular complexity index is 927. The molecule has 3 rings (SSSR count). The number of anilines is 1. The van der Waals surface area contributed by atoms with Crippen LogP contribution in [0.5, 0.6) is 0 Å². The highest BCUT2D eigenvalue weighted by Gasteiger charge is 2.30. The van der Waals surface area contributed by atoms with E-state index in [1.165, 1.54) is 35.5 Å². The average Bonchev–Trinajstić information content (AvgIpc) is 3.12. The smallest absolute Gasteiger partial charge is 0.328 e. The number of aromatic nitrogens is 5. The van der Waals surface area contributed by atoms with Crippen LogP contribution in [0.25, 0.3) is 5.95 Å². The molecule has 11 heteroatoms. The second-order valence-electron chi connectivity index (χ2n) is 5.48. The first kappa shape index (κ1) is 18.3. The number of urea groups is 1. The standard InChI is InChI=1S/C16H14F3N7O/c1-10(13-22-9-23-26(13)14-20-6-3-7-21-14)24-15(27)25-12-5-2-4-11(8-12)16(17,18)19/h2-10H,1H3,(H2,24,25,27). The largest absolute Gasteiger partial charge is 0.416 e. The van der Waals surface area contributed by atoms with Gasteiger partial charge in [-0.1, -0.05) is 6.07 Å². The predicted octanol–water partition coefficient (Wildman–Crippen LogP) is 2.96. The van der Waals surface area contributed by atoms with Crippen molar-refractivity contribution in [3.63, 3.8) is 0 Å². The van der Waals surface area contributed by atoms with Crippen LogP contribution >= 0.6 is 0 Å². The molecule has 2 amide bonds. The van der Waals surface area contributed by atoms with Crippen molar-refractivity contribution >= 4 is 11.7 Å². The maximum absolute atomic E-state index is 12.7. The van der Waals surface area contributed by atoms with Crippen LogP contribution in [0, 0.1) is 0 Å². The molecule has 1 unspecified atom stereocenters. The van der Waals surface area contributed by atoms with E-state index in [1.54, 1.807) is 13.0 Å². The molecule has 0 aliphatic rings. The highest BCUT2D eigenvalue weighted by molar-refractivity contribution is 5.89. The first-order valence-electron chi connectivity index (χ1n) is 7.76. The lowest BCUT2D eigenvalue weighted by Gasteiger charge is -2.15. The summed E-state index contributed by atoms with van der Waals surface area (Å²) < 4.78 is 39.6. The zero-order valence-corrected chi connectivity index (χ0v) is 14.0. The van der Waals surface area contributed by atoms with Gasteiger partial charge in [-0.05, 0) is 31.2 Å². The van der Waals surface area contributed by atoms with Gasteiger partial charge >= 0.3 is 12.2 Å². The number of carbonyl (C=O) groups excluding carboxylic acids is 1. The van der Waals surface area contributed by atoms with Crippen molar-refractivity contribution in [1.82, 2.24) is 30.0 Å². The second kappa shape index (κ2) is 7.40. The van der Waals surface area contributed by atoms with Crippen LogP contribution in [-0.2, 0) is 6.18 Å². The molecule has 1 aromatic carbocycles. The quantitative estimate of drug-likeness (QED) is 0.729. The molecule has 0 radical (unpaired) electrons. The van der Waals surface area contributed by atoms with E-state index >= 15 is 0 Å². The van der Waals surface area contributed by atoms with E-state index in [0.717, 1.165) is 12.1 Å². The Labute approximate surface area is 151 Å². The lowest BCUT2D eigenvalue weighted by molar-refractivity contribution is -0.137. The van der Waals surface area contributed by atoms with Crippen molar-refractivity contribution in [2.75, 3.05) is 5.32 Å². The molecular weight excluding hydrogens is 363 g/mol. The highest BCUT2D eigenvalue weighted by Crippen LogP contribution is 2.30. The van der Waals surface area contributed by atoms with E-state index in [9.17, 15) is 18.0 Å². The van der Waals surface area contributed by atoms with Gasteiger partial charge in [0.1, 0.15) is 6.33 Å². The van der Waals surface area contributed by atoms with Gasteiger partial charge in [-0.2, -0.15) is 23.0 Å². The Morgan fingerprint density at radius 1 is 1.15 bits per heavy atom. The number of rotatable bonds is 4. The van der Waals surface area contributed by atoms with Crippen molar-refractivity contribution in [1.29, 1.82) is 0 Å². The SMILES string of the molecule is CC(NC(=O)Nc1cccc(C(F)(F)F)c1)c1ncnn1-c1ncccn1. The van der Waals surface area contributed by atoms with Gasteiger partial charge in [0.2, 0.25) is 0 Å². The number of nitrogens with zero attached hydrogens (tertiary/aromatic N) is 5. The molecule has 0 spiro atoms. The lowest BCUT2D eigenvalue weighted by Crippen LogP contribution is -2.32. The number of benzene rings is 1. The third-order valence-corrected chi connectivity index (χ3v) is 3.50. The first-order chi connectivity index (χ1) is 12.8. The molecule has 27 heavy (non-hydrogen) atoms. The summed E-state index contributed by atoms with van der Waals surface area (Å²) >= 11 is 0. The monoisotopic (exact) mass is 377 g/mol. The zero-order chi connectivity index (χ0) is 19.4. The number of nitrogens with one attached hydrogen (secondary N) is 2. The van der Waals surface area contributed by atoms with Gasteiger partial charge in [0.15, 0.2) is 5.82 Å². The van der Waals surface area contributed by atoms with Gasteiger partial charge < -0.3 is 10.6 Å². The molecule has 1 atom stereocenters. The normalized spacial score (nSPS) is 12.4. The van der Waals surface area contributed by atoms with Crippen molar-refractivity contribution in [2.45, 2.75) is 19.1 Å². The summed E-state index contributed by atoms with van der Waals surface area (Å²) in [5, 5.41) is 8.98. The fourth-order valence-corrected chi connectivity index (χ4v) is 2.30. The Morgan fingerprint density at radius 2 is 1.89 bits per heavy atom. The van der Waals surface area contributed by atoms with Crippen LogP contribution in [0.2, 0.25) is 0 Å². The molecule has 0 aliphatic carbocycles. The molecule has 0 bridgehead atoms. The highest BCUT2D eigenvalue weighted by atomic mass is 19.4. The Balaban J connectivity index is 1.70. The van der Waals surface area contributed by atoms with E-state index < -0.39 is 23.8 Å². The van der Waals surface area contributed by atoms with Crippen LogP contribution in [0.1, 0.15) is 24.4 Å². The first-order valence-corrected chi connectivity index (χ1v) is 7.76. The fraction of sp³-hybridized carbons (Fsp3) is 0.188. The van der Waals surface area contributed by atoms with Crippen LogP contribution in [0.3, 0.4) is 0 Å². The topological polar surface area (TPSA) is 97.6 Å². The molecule has 3 aromatic rings. The van der Waals surface area contributed by atoms with Gasteiger partial charge in [0.25, 0.3) is 5.95 Å². The fourth-order valence-electron chi connectivity index (χ4n) is 2.30. The van der Waals surface area contributed by atoms with Gasteiger partial charge in [-0.3, -0.25) is 0 Å². The van der Waals surface area contributed by atoms with Crippen LogP contribution in [0.15, 0.2) is 49.1 Å². The Hall–Kier alpha value is -3.50. The van der Waals surface area contributed by atoms with E-state index in [-0.39, 0.29) is 11.6 Å². The minimum absolute atomic E-state index is 0.0161. The van der Waals surface area contributed by atoms with Gasteiger partial charge in [-0.25, -0.2) is 19.7 Å². The zero-order valence-electron chi connectivity index (χ0n) is 14.0. The number of hydrogen-bond acceptors (Lipinski definition) is 5. The van der Waals surface area contributed by atoms with Crippen LogP contribution in [-0.4, -0.2) is 30.8 Å². The number of halogens is 3. The predicted molar refractivity (Wildman–Crippen MR) is 89.0 cm³/mol. The van der Waals surface area contributed by atoms with Crippen LogP contribution < -0.4 is 10.6 Å². The Morgan fingerprint density at radius 3 is 2.59 bits per heavy atom. The third kappa shape index (κ3) is 4.37. The summed E-state index contributed by atoms with van der Waals surface area (Å²) in [6, 6.07) is 4.70. The number of alkyl halides is 3. The average molecular weight is 377 g/mol. The Kier molecular flexibility index (Phi) is 5.01. The summed E-state index contributed by atoms with van der Waals surface area (Å²) in [6.45, 7) is 1.65. The van der Waals surface area contributed by atoms with Gasteiger partial charge in [0, 0.05) is 18.1 Å². The maximum atomic E-state index is 12.7. The number of amides is 2. The molecule has 0 saturated heterocycles. The number of hydrogen-bond donors (Lipinski definition) is 2. The van der Waals surface area contributed by atoms with Crippen molar-refractivity contribution in [3.8, 4) is 5.95 Å². The molecule has 2 N–H and O–H groups in total. The summed E-state index contributed by atoms with van der Waals surface area (Å²) in [4.78, 5) is 24.3. The minimum Gasteiger partial charge on any atom is -0.328 e. The number of carbonyl (C=O) groups is 1. The van der Waals surface area contributed by atoms with Crippen LogP contribution in [0.4, 0.5) is 23.7 Å². The van der Waals surface area contributed by atoms with Crippen molar-refractivity contribution in [3.05, 3.63) is 60.4 Å². The maximum Gasteiger partial charge on any atom is 0.416 e. The third-order valence-electron chi connectivity index (χ3n) is 3.50. The molecular formula is C16H14F3N7O. The summed E-state index contributed by atoms with van der Waals surface area (Å²) in [7, 11) is 0. The lowest BCUT2D eigenvalue weighted by atomic mass is 10.2. The molecule has 0 saturated carbocycles. The van der Waals surface area contributed by atoms with E-state index in [2.05, 4.69) is 30.7 Å². The second-order valence-corrected chi connectivity index (χ2v) is 5.48. The summed E-state index contributed by atoms with van der Waals surface area (Å²) in [5.74, 6) is 0.636. The molecule has 0 fully saturated rings. The molecule has 2 heterocycles. The van der Waals surface area contributed by atoms with Gasteiger partial charge in [-0.15, -0.1) is 0 Å². The summed E-state index contributed by atoms with van der Waals surface area (Å²) in [6.07, 6.45) is -0.138. The van der Waals surface area contributed by atoms with Crippen molar-refractivity contribution < 1.29 is 18.0 Å². The van der Waals surface area contributed by atoms with Gasteiger partial charge in [0.05, 0.1) is 11.6 Å². The minimum atomic E-state index is -4.49. The molecule has 2 aromatic heterocycles. The van der Waals surface area contributed by atoms with Crippen molar-refractivity contribution in [2.24, 2.45) is 0 Å². The van der Waals surface area contributed by atoms with E-state index in [0.29, 0.717) is 5.82 Å². The molecule has 8 nitrogen and oxygen atoms in total. The van der Waals surface area contributed by atoms with E-state index in [4.69, 9.17) is 0 Å². The molecule has 0 aliphatic heterocycles. The summed E-state index contributed by atoms with van der Waals surface area (Å²) in [5.41, 5.74) is -0.836.